The van der Waals surface area contributed by atoms with Gasteiger partial charge in [0.05, 0.1) is 31.3 Å². The van der Waals surface area contributed by atoms with Gasteiger partial charge in [-0.2, -0.15) is 0 Å². The summed E-state index contributed by atoms with van der Waals surface area (Å²) in [5, 5.41) is 9.79. The molecular weight excluding hydrogens is 466 g/mol. The lowest BCUT2D eigenvalue weighted by atomic mass is 9.62. The molecule has 6 atom stereocenters. The van der Waals surface area contributed by atoms with Crippen LogP contribution in [0.1, 0.15) is 20.3 Å². The fourth-order valence-electron chi connectivity index (χ4n) is 6.66. The fourth-order valence-corrected chi connectivity index (χ4v) is 6.66. The van der Waals surface area contributed by atoms with Gasteiger partial charge in [-0.25, -0.2) is 0 Å². The molecule has 0 radical (unpaired) electrons. The van der Waals surface area contributed by atoms with E-state index < -0.39 is 35.0 Å². The van der Waals surface area contributed by atoms with Crippen LogP contribution in [0.25, 0.3) is 0 Å². The molecule has 4 rings (SSSR count). The minimum Gasteiger partial charge on any atom is -0.461 e. The fraction of sp³-hybridized carbons (Fsp3) is 0.731. The predicted octanol–water partition coefficient (Wildman–Crippen LogP) is 0.0654. The summed E-state index contributed by atoms with van der Waals surface area (Å²) in [6.45, 7) is 15.3. The predicted molar refractivity (Wildman–Crippen MR) is 131 cm³/mol. The van der Waals surface area contributed by atoms with E-state index in [4.69, 9.17) is 14.2 Å². The zero-order chi connectivity index (χ0) is 26.1. The van der Waals surface area contributed by atoms with Gasteiger partial charge in [0.1, 0.15) is 24.2 Å². The van der Waals surface area contributed by atoms with Crippen molar-refractivity contribution in [1.82, 2.24) is 14.7 Å². The summed E-state index contributed by atoms with van der Waals surface area (Å²) in [4.78, 5) is 46.5. The number of esters is 1. The Bertz CT molecular complexity index is 891. The van der Waals surface area contributed by atoms with Crippen molar-refractivity contribution in [2.75, 3.05) is 65.7 Å². The molecule has 4 fully saturated rings. The first-order valence-electron chi connectivity index (χ1n) is 12.8. The highest BCUT2D eigenvalue weighted by atomic mass is 16.6. The van der Waals surface area contributed by atoms with Crippen LogP contribution in [0.2, 0.25) is 0 Å². The average Bonchev–Trinajstić information content (AvgIpc) is 3.37. The molecule has 4 saturated heterocycles. The van der Waals surface area contributed by atoms with Gasteiger partial charge >= 0.3 is 5.97 Å². The summed E-state index contributed by atoms with van der Waals surface area (Å²) < 4.78 is 17.4. The van der Waals surface area contributed by atoms with Gasteiger partial charge in [0.2, 0.25) is 11.8 Å². The molecule has 1 spiro atoms. The van der Waals surface area contributed by atoms with Gasteiger partial charge in [0.25, 0.3) is 0 Å². The quantitative estimate of drug-likeness (QED) is 0.310. The minimum absolute atomic E-state index is 0.0121. The van der Waals surface area contributed by atoms with Crippen molar-refractivity contribution in [3.63, 3.8) is 0 Å². The number of aliphatic hydroxyl groups is 1. The monoisotopic (exact) mass is 505 g/mol. The number of hydrogen-bond acceptors (Lipinski definition) is 8. The summed E-state index contributed by atoms with van der Waals surface area (Å²) in [7, 11) is 0. The third kappa shape index (κ3) is 4.27. The minimum atomic E-state index is -1.16. The second-order valence-corrected chi connectivity index (χ2v) is 10.4. The van der Waals surface area contributed by atoms with Gasteiger partial charge in [-0.1, -0.05) is 25.7 Å². The highest BCUT2D eigenvalue weighted by Gasteiger charge is 2.80. The van der Waals surface area contributed by atoms with E-state index in [1.54, 1.807) is 11.0 Å². The number of amides is 2. The van der Waals surface area contributed by atoms with Crippen molar-refractivity contribution in [3.8, 4) is 0 Å². The molecule has 36 heavy (non-hydrogen) atoms. The number of β-amino-alcohol motifs (C(OH)–C–C–N with tert-alkyl or cyclic N) is 1. The van der Waals surface area contributed by atoms with E-state index in [1.165, 1.54) is 11.0 Å². The number of aliphatic hydroxyl groups excluding tert-OH is 1. The van der Waals surface area contributed by atoms with Crippen LogP contribution >= 0.6 is 0 Å². The summed E-state index contributed by atoms with van der Waals surface area (Å²) >= 11 is 0. The Labute approximate surface area is 212 Å². The molecule has 2 bridgehead atoms. The van der Waals surface area contributed by atoms with Crippen LogP contribution in [0.4, 0.5) is 0 Å². The van der Waals surface area contributed by atoms with Crippen LogP contribution in [0, 0.1) is 17.8 Å². The summed E-state index contributed by atoms with van der Waals surface area (Å²) in [5.41, 5.74) is -2.09. The van der Waals surface area contributed by atoms with Crippen molar-refractivity contribution < 1.29 is 33.7 Å². The van der Waals surface area contributed by atoms with Gasteiger partial charge in [-0.3, -0.25) is 19.3 Å². The highest BCUT2D eigenvalue weighted by Crippen LogP contribution is 2.65. The van der Waals surface area contributed by atoms with Gasteiger partial charge in [0, 0.05) is 39.3 Å². The van der Waals surface area contributed by atoms with Crippen LogP contribution in [-0.2, 0) is 28.6 Å². The zero-order valence-corrected chi connectivity index (χ0v) is 21.4. The van der Waals surface area contributed by atoms with Crippen molar-refractivity contribution in [2.24, 2.45) is 17.8 Å². The Hall–Kier alpha value is -2.27. The Kier molecular flexibility index (Phi) is 7.89. The van der Waals surface area contributed by atoms with Crippen molar-refractivity contribution in [1.29, 1.82) is 0 Å². The summed E-state index contributed by atoms with van der Waals surface area (Å²) in [6, 6.07) is -0.937. The molecule has 4 heterocycles. The van der Waals surface area contributed by atoms with Crippen molar-refractivity contribution in [2.45, 2.75) is 37.5 Å². The molecule has 4 aliphatic rings. The van der Waals surface area contributed by atoms with Gasteiger partial charge < -0.3 is 29.1 Å². The number of likely N-dealkylation sites (tertiary alicyclic amines) is 1. The molecule has 0 aromatic heterocycles. The van der Waals surface area contributed by atoms with Crippen LogP contribution in [0.3, 0.4) is 0 Å². The molecule has 0 aliphatic carbocycles. The number of ether oxygens (including phenoxy) is 3. The molecule has 200 valence electrons. The van der Waals surface area contributed by atoms with Crippen molar-refractivity contribution >= 4 is 17.8 Å². The molecular formula is C26H39N3O7. The van der Waals surface area contributed by atoms with E-state index in [0.29, 0.717) is 39.3 Å². The molecule has 10 heteroatoms. The topological polar surface area (TPSA) is 109 Å². The number of hydrogen-bond donors (Lipinski definition) is 1. The Morgan fingerprint density at radius 3 is 2.61 bits per heavy atom. The second-order valence-electron chi connectivity index (χ2n) is 10.4. The molecule has 10 nitrogen and oxygen atoms in total. The van der Waals surface area contributed by atoms with Crippen LogP contribution in [0.15, 0.2) is 25.3 Å². The summed E-state index contributed by atoms with van der Waals surface area (Å²) in [5.74, 6) is -2.87. The van der Waals surface area contributed by atoms with E-state index in [0.717, 1.165) is 13.1 Å². The zero-order valence-electron chi connectivity index (χ0n) is 21.4. The van der Waals surface area contributed by atoms with Crippen LogP contribution < -0.4 is 0 Å². The van der Waals surface area contributed by atoms with Gasteiger partial charge in [-0.05, 0) is 19.3 Å². The number of carbonyl (C=O) groups is 3. The molecule has 0 aromatic rings. The number of carbonyl (C=O) groups excluding carboxylic acids is 3. The molecule has 1 N–H and O–H groups in total. The molecule has 3 unspecified atom stereocenters. The first-order valence-corrected chi connectivity index (χ1v) is 12.8. The number of morpholine rings is 1. The van der Waals surface area contributed by atoms with Crippen molar-refractivity contribution in [3.05, 3.63) is 25.3 Å². The molecule has 2 amide bonds. The largest absolute Gasteiger partial charge is 0.461 e. The lowest BCUT2D eigenvalue weighted by Gasteiger charge is -2.38. The van der Waals surface area contributed by atoms with Gasteiger partial charge in [0.15, 0.2) is 0 Å². The lowest BCUT2D eigenvalue weighted by molar-refractivity contribution is -0.161. The van der Waals surface area contributed by atoms with E-state index in [1.807, 2.05) is 13.8 Å². The lowest BCUT2D eigenvalue weighted by Crippen LogP contribution is -2.57. The smallest absolute Gasteiger partial charge is 0.313 e. The Balaban J connectivity index is 1.66. The maximum absolute atomic E-state index is 14.2. The normalized spacial score (nSPS) is 35.5. The Morgan fingerprint density at radius 2 is 1.97 bits per heavy atom. The van der Waals surface area contributed by atoms with Crippen LogP contribution in [0.5, 0.6) is 0 Å². The summed E-state index contributed by atoms with van der Waals surface area (Å²) in [6.07, 6.45) is 3.62. The van der Waals surface area contributed by atoms with E-state index >= 15 is 0 Å². The first-order chi connectivity index (χ1) is 17.2. The number of nitrogens with zero attached hydrogens (tertiary/aromatic N) is 3. The SMILES string of the molecule is C=CCOC(=O)[C@@H]1[C@H]2C(=O)N(CCO)C(C(=O)N(CC=C)CCN3CCOCC3)C23CC(C)[C@@]1(C)O3. The Morgan fingerprint density at radius 1 is 1.25 bits per heavy atom. The molecule has 0 saturated carbocycles. The van der Waals surface area contributed by atoms with Gasteiger partial charge in [-0.15, -0.1) is 6.58 Å². The average molecular weight is 506 g/mol. The molecule has 4 aliphatic heterocycles. The standard InChI is InChI=1S/C26H39N3O7/c1-5-7-28(9-8-27-11-15-34-16-12-27)23(32)21-26-17-18(3)25(4,36-26)20(24(33)35-14-6-2)19(26)22(31)29(21)10-13-30/h5-6,18-21,30H,1-2,7-17H2,3-4H3/t18?,19-,20-,21?,25+,26?/m0/s1. The van der Waals surface area contributed by atoms with E-state index in [9.17, 15) is 19.5 Å². The highest BCUT2D eigenvalue weighted by molar-refractivity contribution is 5.98. The van der Waals surface area contributed by atoms with E-state index in [2.05, 4.69) is 18.1 Å². The third-order valence-corrected chi connectivity index (χ3v) is 8.44. The third-order valence-electron chi connectivity index (χ3n) is 8.44. The van der Waals surface area contributed by atoms with E-state index in [-0.39, 0.29) is 37.5 Å². The second kappa shape index (κ2) is 10.6. The van der Waals surface area contributed by atoms with Crippen LogP contribution in [-0.4, -0.2) is 121 Å². The maximum Gasteiger partial charge on any atom is 0.313 e. The molecule has 0 aromatic carbocycles. The maximum atomic E-state index is 14.2. The first kappa shape index (κ1) is 26.8. The number of fused-ring (bicyclic) bond motifs is 1. The number of rotatable bonds is 11.